The molecule has 1 saturated heterocycles. The molecular weight excluding hydrogens is 409 g/mol. The average Bonchev–Trinajstić information content (AvgIpc) is 3.34. The third-order valence-electron chi connectivity index (χ3n) is 6.03. The number of piperazine rings is 1. The van der Waals surface area contributed by atoms with Gasteiger partial charge in [-0.3, -0.25) is 14.6 Å². The number of amides is 1. The Bertz CT molecular complexity index is 1020. The van der Waals surface area contributed by atoms with Crippen molar-refractivity contribution in [2.45, 2.75) is 32.5 Å². The average molecular weight is 438 g/mol. The van der Waals surface area contributed by atoms with Crippen molar-refractivity contribution in [1.29, 1.82) is 0 Å². The highest BCUT2D eigenvalue weighted by Crippen LogP contribution is 2.23. The van der Waals surface area contributed by atoms with E-state index in [1.807, 2.05) is 37.3 Å². The normalized spacial score (nSPS) is 17.1. The molecule has 0 radical (unpaired) electrons. The van der Waals surface area contributed by atoms with Crippen LogP contribution in [-0.2, 0) is 11.3 Å². The van der Waals surface area contributed by atoms with Crippen molar-refractivity contribution in [2.75, 3.05) is 26.2 Å². The van der Waals surface area contributed by atoms with Gasteiger partial charge in [0.2, 0.25) is 17.6 Å². The molecule has 1 aromatic heterocycles. The van der Waals surface area contributed by atoms with Crippen LogP contribution in [0.2, 0.25) is 0 Å². The number of nitrogens with one attached hydrogen (secondary N) is 1. The smallest absolute Gasteiger partial charge is 0.244 e. The van der Waals surface area contributed by atoms with Crippen LogP contribution in [0.25, 0.3) is 11.4 Å². The Morgan fingerprint density at radius 2 is 1.69 bits per heavy atom. The zero-order chi connectivity index (χ0) is 22.5. The molecular formula is C24H28FN5O2. The van der Waals surface area contributed by atoms with E-state index in [1.165, 1.54) is 12.1 Å². The van der Waals surface area contributed by atoms with Crippen molar-refractivity contribution in [3.63, 3.8) is 0 Å². The summed E-state index contributed by atoms with van der Waals surface area (Å²) in [7, 11) is 0. The van der Waals surface area contributed by atoms with E-state index < -0.39 is 0 Å². The summed E-state index contributed by atoms with van der Waals surface area (Å²) in [6.45, 7) is 7.53. The third-order valence-corrected chi connectivity index (χ3v) is 6.03. The molecule has 0 spiro atoms. The van der Waals surface area contributed by atoms with Crippen molar-refractivity contribution in [3.05, 3.63) is 71.9 Å². The van der Waals surface area contributed by atoms with Crippen LogP contribution < -0.4 is 5.32 Å². The predicted molar refractivity (Wildman–Crippen MR) is 119 cm³/mol. The maximum atomic E-state index is 13.0. The first kappa shape index (κ1) is 22.1. The van der Waals surface area contributed by atoms with Gasteiger partial charge >= 0.3 is 0 Å². The quantitative estimate of drug-likeness (QED) is 0.612. The first-order valence-electron chi connectivity index (χ1n) is 10.9. The highest BCUT2D eigenvalue weighted by molar-refractivity contribution is 5.81. The van der Waals surface area contributed by atoms with Crippen molar-refractivity contribution in [2.24, 2.45) is 0 Å². The van der Waals surface area contributed by atoms with Gasteiger partial charge in [-0.25, -0.2) is 4.39 Å². The molecule has 2 atom stereocenters. The Labute approximate surface area is 187 Å². The van der Waals surface area contributed by atoms with Crippen LogP contribution in [0.5, 0.6) is 0 Å². The summed E-state index contributed by atoms with van der Waals surface area (Å²) in [4.78, 5) is 21.6. The predicted octanol–water partition coefficient (Wildman–Crippen LogP) is 3.26. The molecule has 3 aromatic rings. The highest BCUT2D eigenvalue weighted by atomic mass is 19.1. The minimum Gasteiger partial charge on any atom is -0.351 e. The van der Waals surface area contributed by atoms with Gasteiger partial charge in [-0.05, 0) is 31.5 Å². The summed E-state index contributed by atoms with van der Waals surface area (Å²) >= 11 is 0. The fourth-order valence-corrected chi connectivity index (χ4v) is 3.88. The summed E-state index contributed by atoms with van der Waals surface area (Å²) < 4.78 is 18.5. The Balaban J connectivity index is 1.27. The fraction of sp³-hybridized carbons (Fsp3) is 0.375. The maximum absolute atomic E-state index is 13.0. The van der Waals surface area contributed by atoms with E-state index >= 15 is 0 Å². The fourth-order valence-electron chi connectivity index (χ4n) is 3.88. The molecule has 1 aliphatic heterocycles. The van der Waals surface area contributed by atoms with Gasteiger partial charge in [-0.2, -0.15) is 4.98 Å². The Morgan fingerprint density at radius 1 is 1.03 bits per heavy atom. The van der Waals surface area contributed by atoms with Gasteiger partial charge in [0.15, 0.2) is 0 Å². The number of nitrogens with zero attached hydrogens (tertiary/aromatic N) is 4. The van der Waals surface area contributed by atoms with Crippen LogP contribution in [0, 0.1) is 5.82 Å². The zero-order valence-corrected chi connectivity index (χ0v) is 18.4. The second-order valence-corrected chi connectivity index (χ2v) is 8.09. The topological polar surface area (TPSA) is 74.5 Å². The summed E-state index contributed by atoms with van der Waals surface area (Å²) in [6.07, 6.45) is 0. The molecule has 0 aliphatic carbocycles. The van der Waals surface area contributed by atoms with Gasteiger partial charge in [0.05, 0.1) is 12.1 Å². The lowest BCUT2D eigenvalue weighted by Crippen LogP contribution is -2.54. The Kier molecular flexibility index (Phi) is 6.92. The standard InChI is InChI=1S/C24H28FN5O2/c1-17(23(31)26-16-19-8-10-21(25)11-9-19)29-12-14-30(15-13-29)18(2)24-27-22(28-32-24)20-6-4-3-5-7-20/h3-11,17-18H,12-16H2,1-2H3,(H,26,31)/t17-,18+/m0/s1. The van der Waals surface area contributed by atoms with Crippen LogP contribution in [0.3, 0.4) is 0 Å². The van der Waals surface area contributed by atoms with E-state index in [4.69, 9.17) is 4.52 Å². The highest BCUT2D eigenvalue weighted by Gasteiger charge is 2.29. The number of aromatic nitrogens is 2. The molecule has 1 fully saturated rings. The van der Waals surface area contributed by atoms with Crippen LogP contribution in [-0.4, -0.2) is 58.1 Å². The van der Waals surface area contributed by atoms with Gasteiger partial charge in [-0.1, -0.05) is 47.6 Å². The third kappa shape index (κ3) is 5.20. The van der Waals surface area contributed by atoms with Crippen LogP contribution in [0.4, 0.5) is 4.39 Å². The van der Waals surface area contributed by atoms with Crippen LogP contribution >= 0.6 is 0 Å². The molecule has 8 heteroatoms. The molecule has 32 heavy (non-hydrogen) atoms. The summed E-state index contributed by atoms with van der Waals surface area (Å²) in [5.74, 6) is 0.887. The van der Waals surface area contributed by atoms with E-state index in [9.17, 15) is 9.18 Å². The van der Waals surface area contributed by atoms with Gasteiger partial charge < -0.3 is 9.84 Å². The van der Waals surface area contributed by atoms with Gasteiger partial charge in [-0.15, -0.1) is 0 Å². The molecule has 1 N–H and O–H groups in total. The van der Waals surface area contributed by atoms with Gasteiger partial charge in [0.25, 0.3) is 0 Å². The lowest BCUT2D eigenvalue weighted by molar-refractivity contribution is -0.126. The van der Waals surface area contributed by atoms with Gasteiger partial charge in [0.1, 0.15) is 5.82 Å². The molecule has 1 aliphatic rings. The monoisotopic (exact) mass is 437 g/mol. The Morgan fingerprint density at radius 3 is 2.38 bits per heavy atom. The molecule has 7 nitrogen and oxygen atoms in total. The zero-order valence-electron chi connectivity index (χ0n) is 18.4. The van der Waals surface area contributed by atoms with E-state index in [2.05, 4.69) is 32.2 Å². The molecule has 4 rings (SSSR count). The lowest BCUT2D eigenvalue weighted by Gasteiger charge is -2.39. The second kappa shape index (κ2) is 10.0. The number of rotatable bonds is 7. The molecule has 2 heterocycles. The lowest BCUT2D eigenvalue weighted by atomic mass is 10.1. The van der Waals surface area contributed by atoms with Crippen LogP contribution in [0.1, 0.15) is 31.3 Å². The molecule has 0 unspecified atom stereocenters. The van der Waals surface area contributed by atoms with Gasteiger partial charge in [0, 0.05) is 38.3 Å². The molecule has 168 valence electrons. The second-order valence-electron chi connectivity index (χ2n) is 8.09. The van der Waals surface area contributed by atoms with Crippen molar-refractivity contribution < 1.29 is 13.7 Å². The van der Waals surface area contributed by atoms with E-state index in [1.54, 1.807) is 12.1 Å². The SMILES string of the molecule is C[C@H](c1nc(-c2ccccc2)no1)N1CCN([C@@H](C)C(=O)NCc2ccc(F)cc2)CC1. The van der Waals surface area contributed by atoms with Crippen molar-refractivity contribution >= 4 is 5.91 Å². The van der Waals surface area contributed by atoms with E-state index in [0.29, 0.717) is 18.3 Å². The number of hydrogen-bond donors (Lipinski definition) is 1. The summed E-state index contributed by atoms with van der Waals surface area (Å²) in [6, 6.07) is 15.7. The first-order chi connectivity index (χ1) is 15.5. The molecule has 0 saturated carbocycles. The van der Waals surface area contributed by atoms with Crippen molar-refractivity contribution in [3.8, 4) is 11.4 Å². The maximum Gasteiger partial charge on any atom is 0.244 e. The summed E-state index contributed by atoms with van der Waals surface area (Å²) in [5, 5.41) is 7.07. The molecule has 0 bridgehead atoms. The van der Waals surface area contributed by atoms with E-state index in [-0.39, 0.29) is 23.8 Å². The van der Waals surface area contributed by atoms with Crippen molar-refractivity contribution in [1.82, 2.24) is 25.3 Å². The first-order valence-corrected chi connectivity index (χ1v) is 10.9. The number of carbonyl (C=O) groups excluding carboxylic acids is 1. The molecule has 2 aromatic carbocycles. The number of carbonyl (C=O) groups is 1. The number of benzene rings is 2. The molecule has 1 amide bonds. The Hall–Kier alpha value is -3.10. The largest absolute Gasteiger partial charge is 0.351 e. The van der Waals surface area contributed by atoms with Crippen LogP contribution in [0.15, 0.2) is 59.1 Å². The van der Waals surface area contributed by atoms with E-state index in [0.717, 1.165) is 37.3 Å². The summed E-state index contributed by atoms with van der Waals surface area (Å²) in [5.41, 5.74) is 1.81. The number of hydrogen-bond acceptors (Lipinski definition) is 6. The minimum absolute atomic E-state index is 0.00437. The minimum atomic E-state index is -0.280. The number of halogens is 1.